The number of nitrogens with zero attached hydrogens (tertiary/aromatic N) is 1. The van der Waals surface area contributed by atoms with E-state index in [1.54, 1.807) is 13.8 Å². The number of carbonyl (C=O) groups excluding carboxylic acids is 1. The number of nitrogens with one attached hydrogen (secondary N) is 1. The van der Waals surface area contributed by atoms with E-state index in [9.17, 15) is 9.90 Å². The molecule has 1 atom stereocenters. The van der Waals surface area contributed by atoms with Crippen molar-refractivity contribution in [1.29, 1.82) is 5.26 Å². The maximum absolute atomic E-state index is 11.8. The minimum Gasteiger partial charge on any atom is -0.394 e. The van der Waals surface area contributed by atoms with Crippen LogP contribution >= 0.6 is 0 Å². The number of aliphatic hydroxyl groups is 1. The van der Waals surface area contributed by atoms with Crippen molar-refractivity contribution in [2.75, 3.05) is 6.61 Å². The van der Waals surface area contributed by atoms with Gasteiger partial charge in [0.15, 0.2) is 0 Å². The minimum atomic E-state index is -1.10. The van der Waals surface area contributed by atoms with Crippen molar-refractivity contribution < 1.29 is 9.90 Å². The third-order valence-electron chi connectivity index (χ3n) is 2.54. The van der Waals surface area contributed by atoms with Crippen molar-refractivity contribution in [3.63, 3.8) is 0 Å². The van der Waals surface area contributed by atoms with E-state index in [4.69, 9.17) is 5.26 Å². The topological polar surface area (TPSA) is 73.1 Å². The van der Waals surface area contributed by atoms with E-state index in [1.807, 2.05) is 36.4 Å². The van der Waals surface area contributed by atoms with E-state index in [0.29, 0.717) is 0 Å². The minimum absolute atomic E-state index is 0.197. The summed E-state index contributed by atoms with van der Waals surface area (Å²) in [5.74, 6) is -0.386. The van der Waals surface area contributed by atoms with Crippen molar-refractivity contribution in [2.45, 2.75) is 19.9 Å². The summed E-state index contributed by atoms with van der Waals surface area (Å²) >= 11 is 0. The molecule has 0 radical (unpaired) electrons. The first-order valence-electron chi connectivity index (χ1n) is 5.39. The summed E-state index contributed by atoms with van der Waals surface area (Å²) in [6, 6.07) is 10.6. The zero-order valence-corrected chi connectivity index (χ0v) is 9.97. The molecule has 1 aromatic rings. The van der Waals surface area contributed by atoms with Crippen LogP contribution in [-0.2, 0) is 4.79 Å². The van der Waals surface area contributed by atoms with Crippen LogP contribution in [0.4, 0.5) is 0 Å². The van der Waals surface area contributed by atoms with E-state index in [0.717, 1.165) is 5.56 Å². The molecular formula is C13H16N2O2. The predicted octanol–water partition coefficient (Wildman–Crippen LogP) is 1.39. The van der Waals surface area contributed by atoms with Crippen LogP contribution in [0.2, 0.25) is 0 Å². The Kier molecular flexibility index (Phi) is 4.24. The molecule has 0 saturated carbocycles. The summed E-state index contributed by atoms with van der Waals surface area (Å²) in [6.45, 7) is 2.89. The number of benzene rings is 1. The Hall–Kier alpha value is -1.86. The number of hydrogen-bond donors (Lipinski definition) is 2. The van der Waals surface area contributed by atoms with Gasteiger partial charge in [-0.2, -0.15) is 5.26 Å². The Balaban J connectivity index is 2.80. The Morgan fingerprint density at radius 1 is 1.47 bits per heavy atom. The van der Waals surface area contributed by atoms with E-state index in [-0.39, 0.29) is 12.5 Å². The van der Waals surface area contributed by atoms with Crippen molar-refractivity contribution >= 4 is 5.91 Å². The Morgan fingerprint density at radius 3 is 2.53 bits per heavy atom. The summed E-state index contributed by atoms with van der Waals surface area (Å²) in [5.41, 5.74) is -0.278. The van der Waals surface area contributed by atoms with Gasteiger partial charge in [0.1, 0.15) is 5.41 Å². The van der Waals surface area contributed by atoms with Crippen molar-refractivity contribution in [3.8, 4) is 6.07 Å². The largest absolute Gasteiger partial charge is 0.394 e. The molecule has 2 N–H and O–H groups in total. The van der Waals surface area contributed by atoms with Gasteiger partial charge in [-0.1, -0.05) is 30.3 Å². The van der Waals surface area contributed by atoms with Crippen molar-refractivity contribution in [1.82, 2.24) is 5.32 Å². The van der Waals surface area contributed by atoms with Crippen LogP contribution in [0.15, 0.2) is 30.3 Å². The lowest BCUT2D eigenvalue weighted by Crippen LogP contribution is -2.39. The Morgan fingerprint density at radius 2 is 2.06 bits per heavy atom. The number of amides is 1. The zero-order chi connectivity index (χ0) is 12.9. The molecule has 0 heterocycles. The van der Waals surface area contributed by atoms with Crippen molar-refractivity contribution in [2.24, 2.45) is 5.41 Å². The van der Waals surface area contributed by atoms with Gasteiger partial charge in [0, 0.05) is 0 Å². The molecule has 4 nitrogen and oxygen atoms in total. The third-order valence-corrected chi connectivity index (χ3v) is 2.54. The molecule has 0 unspecified atom stereocenters. The molecule has 4 heteroatoms. The average molecular weight is 232 g/mol. The van der Waals surface area contributed by atoms with Crippen molar-refractivity contribution in [3.05, 3.63) is 35.9 Å². The van der Waals surface area contributed by atoms with Gasteiger partial charge in [-0.15, -0.1) is 0 Å². The molecule has 90 valence electrons. The SMILES string of the molecule is CC(C)(C#N)C(=O)N[C@H](CO)c1ccccc1. The first kappa shape index (κ1) is 13.2. The van der Waals surface area contributed by atoms with E-state index in [1.165, 1.54) is 0 Å². The molecule has 0 aliphatic heterocycles. The summed E-state index contributed by atoms with van der Waals surface area (Å²) in [4.78, 5) is 11.8. The lowest BCUT2D eigenvalue weighted by molar-refractivity contribution is -0.127. The zero-order valence-electron chi connectivity index (χ0n) is 9.97. The summed E-state index contributed by atoms with van der Waals surface area (Å²) < 4.78 is 0. The number of carbonyl (C=O) groups is 1. The number of rotatable bonds is 4. The highest BCUT2D eigenvalue weighted by atomic mass is 16.3. The van der Waals surface area contributed by atoms with Gasteiger partial charge in [-0.05, 0) is 19.4 Å². The highest BCUT2D eigenvalue weighted by Crippen LogP contribution is 2.17. The molecule has 0 aromatic heterocycles. The maximum atomic E-state index is 11.8. The van der Waals surface area contributed by atoms with E-state index < -0.39 is 11.5 Å². The quantitative estimate of drug-likeness (QED) is 0.823. The van der Waals surface area contributed by atoms with Crippen LogP contribution in [0.1, 0.15) is 25.5 Å². The van der Waals surface area contributed by atoms with Gasteiger partial charge in [-0.25, -0.2) is 0 Å². The fraction of sp³-hybridized carbons (Fsp3) is 0.385. The summed E-state index contributed by atoms with van der Waals surface area (Å²) in [6.07, 6.45) is 0. The standard InChI is InChI=1S/C13H16N2O2/c1-13(2,9-14)12(17)15-11(8-16)10-6-4-3-5-7-10/h3-7,11,16H,8H2,1-2H3,(H,15,17)/t11-/m1/s1. The van der Waals surface area contributed by atoms with Crippen LogP contribution < -0.4 is 5.32 Å². The molecule has 0 aliphatic rings. The highest BCUT2D eigenvalue weighted by Gasteiger charge is 2.29. The molecule has 1 amide bonds. The maximum Gasteiger partial charge on any atom is 0.240 e. The van der Waals surface area contributed by atoms with Crippen LogP contribution in [0.5, 0.6) is 0 Å². The number of nitriles is 1. The lowest BCUT2D eigenvalue weighted by Gasteiger charge is -2.21. The van der Waals surface area contributed by atoms with E-state index in [2.05, 4.69) is 5.32 Å². The Labute approximate surface area is 101 Å². The van der Waals surface area contributed by atoms with Gasteiger partial charge in [0.25, 0.3) is 0 Å². The average Bonchev–Trinajstić information content (AvgIpc) is 2.36. The molecule has 0 bridgehead atoms. The summed E-state index contributed by atoms with van der Waals surface area (Å²) in [5, 5.41) is 20.8. The number of hydrogen-bond acceptors (Lipinski definition) is 3. The normalized spacial score (nSPS) is 12.6. The molecule has 0 spiro atoms. The van der Waals surface area contributed by atoms with Gasteiger partial charge < -0.3 is 10.4 Å². The summed E-state index contributed by atoms with van der Waals surface area (Å²) in [7, 11) is 0. The molecule has 0 fully saturated rings. The molecule has 17 heavy (non-hydrogen) atoms. The number of aliphatic hydroxyl groups excluding tert-OH is 1. The van der Waals surface area contributed by atoms with Crippen LogP contribution in [0.25, 0.3) is 0 Å². The second-order valence-electron chi connectivity index (χ2n) is 4.36. The van der Waals surface area contributed by atoms with Crippen LogP contribution in [0, 0.1) is 16.7 Å². The lowest BCUT2D eigenvalue weighted by atomic mass is 9.94. The third kappa shape index (κ3) is 3.30. The molecule has 1 aromatic carbocycles. The van der Waals surface area contributed by atoms with Gasteiger partial charge in [0.2, 0.25) is 5.91 Å². The molecule has 0 saturated heterocycles. The fourth-order valence-corrected chi connectivity index (χ4v) is 1.31. The Bertz CT molecular complexity index is 421. The first-order valence-corrected chi connectivity index (χ1v) is 5.39. The second-order valence-corrected chi connectivity index (χ2v) is 4.36. The molecule has 0 aliphatic carbocycles. The predicted molar refractivity (Wildman–Crippen MR) is 63.8 cm³/mol. The van der Waals surface area contributed by atoms with Gasteiger partial charge in [-0.3, -0.25) is 4.79 Å². The fourth-order valence-electron chi connectivity index (χ4n) is 1.31. The van der Waals surface area contributed by atoms with Gasteiger partial charge in [0.05, 0.1) is 18.7 Å². The monoisotopic (exact) mass is 232 g/mol. The molecular weight excluding hydrogens is 216 g/mol. The highest BCUT2D eigenvalue weighted by molar-refractivity contribution is 5.84. The smallest absolute Gasteiger partial charge is 0.240 e. The van der Waals surface area contributed by atoms with Gasteiger partial charge >= 0.3 is 0 Å². The van der Waals surface area contributed by atoms with Crippen LogP contribution in [0.3, 0.4) is 0 Å². The van der Waals surface area contributed by atoms with Crippen LogP contribution in [-0.4, -0.2) is 17.6 Å². The first-order chi connectivity index (χ1) is 8.01. The van der Waals surface area contributed by atoms with E-state index >= 15 is 0 Å². The molecule has 1 rings (SSSR count). The second kappa shape index (κ2) is 5.46.